The van der Waals surface area contributed by atoms with Gasteiger partial charge in [0.05, 0.1) is 18.2 Å². The molecule has 2 aromatic rings. The van der Waals surface area contributed by atoms with Gasteiger partial charge in [0.15, 0.2) is 0 Å². The van der Waals surface area contributed by atoms with Gasteiger partial charge in [-0.15, -0.1) is 0 Å². The Balaban J connectivity index is 1.89. The predicted molar refractivity (Wildman–Crippen MR) is 112 cm³/mol. The van der Waals surface area contributed by atoms with Crippen molar-refractivity contribution in [3.8, 4) is 17.2 Å². The number of carbonyl (C=O) groups is 2. The van der Waals surface area contributed by atoms with Crippen molar-refractivity contribution in [2.45, 2.75) is 11.8 Å². The molecule has 4 N–H and O–H groups in total. The maximum absolute atomic E-state index is 12.9. The SMILES string of the molecule is Cc1cc(NC(=O)C(N)=O)cc(Cl)c1Oc1ccc(O)c(S(=O)(=O)N2CCOCC2)c1. The second kappa shape index (κ2) is 9.10. The number of carbonyl (C=O) groups excluding carboxylic acids is 2. The first-order valence-electron chi connectivity index (χ1n) is 9.09. The number of rotatable bonds is 5. The molecule has 0 spiro atoms. The third-order valence-electron chi connectivity index (χ3n) is 4.45. The number of phenols is 1. The summed E-state index contributed by atoms with van der Waals surface area (Å²) in [7, 11) is -3.96. The van der Waals surface area contributed by atoms with Gasteiger partial charge in [-0.3, -0.25) is 9.59 Å². The first kappa shape index (κ1) is 22.8. The number of aromatic hydroxyl groups is 1. The molecule has 1 fully saturated rings. The number of hydrogen-bond donors (Lipinski definition) is 3. The second-order valence-corrected chi connectivity index (χ2v) is 8.98. The molecule has 12 heteroatoms. The van der Waals surface area contributed by atoms with Crippen LogP contribution in [-0.4, -0.2) is 55.9 Å². The quantitative estimate of drug-likeness (QED) is 0.563. The van der Waals surface area contributed by atoms with Crippen LogP contribution in [0, 0.1) is 6.92 Å². The van der Waals surface area contributed by atoms with Gasteiger partial charge in [-0.25, -0.2) is 8.42 Å². The summed E-state index contributed by atoms with van der Waals surface area (Å²) in [5, 5.41) is 12.6. The van der Waals surface area contributed by atoms with Crippen LogP contribution in [0.3, 0.4) is 0 Å². The van der Waals surface area contributed by atoms with Gasteiger partial charge in [0.1, 0.15) is 22.1 Å². The number of halogens is 1. The lowest BCUT2D eigenvalue weighted by molar-refractivity contribution is -0.134. The molecule has 0 aromatic heterocycles. The fourth-order valence-electron chi connectivity index (χ4n) is 2.93. The highest BCUT2D eigenvalue weighted by molar-refractivity contribution is 7.89. The summed E-state index contributed by atoms with van der Waals surface area (Å²) in [5.74, 6) is -2.22. The summed E-state index contributed by atoms with van der Waals surface area (Å²) < 4.78 is 38.0. The van der Waals surface area contributed by atoms with Gasteiger partial charge in [0, 0.05) is 24.8 Å². The molecule has 1 aliphatic rings. The summed E-state index contributed by atoms with van der Waals surface area (Å²) >= 11 is 6.25. The number of phenolic OH excluding ortho intramolecular Hbond substituents is 1. The van der Waals surface area contributed by atoms with E-state index in [1.165, 1.54) is 34.6 Å². The lowest BCUT2D eigenvalue weighted by Gasteiger charge is -2.26. The highest BCUT2D eigenvalue weighted by Crippen LogP contribution is 2.38. The number of ether oxygens (including phenoxy) is 2. The standard InChI is InChI=1S/C19H20ClN3O7S/c1-11-8-12(22-19(26)18(21)25)9-14(20)17(11)30-13-2-3-15(24)16(10-13)31(27,28)23-4-6-29-7-5-23/h2-3,8-10,24H,4-7H2,1H3,(H2,21,25)(H,22,26). The Bertz CT molecular complexity index is 1110. The molecular formula is C19H20ClN3O7S. The van der Waals surface area contributed by atoms with Gasteiger partial charge in [0.25, 0.3) is 0 Å². The molecular weight excluding hydrogens is 450 g/mol. The maximum atomic E-state index is 12.9. The Morgan fingerprint density at radius 1 is 1.23 bits per heavy atom. The zero-order valence-corrected chi connectivity index (χ0v) is 18.0. The molecule has 166 valence electrons. The van der Waals surface area contributed by atoms with Crippen molar-refractivity contribution >= 4 is 39.1 Å². The van der Waals surface area contributed by atoms with Crippen LogP contribution < -0.4 is 15.8 Å². The largest absolute Gasteiger partial charge is 0.507 e. The smallest absolute Gasteiger partial charge is 0.313 e. The van der Waals surface area contributed by atoms with E-state index >= 15 is 0 Å². The summed E-state index contributed by atoms with van der Waals surface area (Å²) in [5.41, 5.74) is 5.65. The van der Waals surface area contributed by atoms with Crippen molar-refractivity contribution in [3.63, 3.8) is 0 Å². The minimum absolute atomic E-state index is 0.102. The first-order chi connectivity index (χ1) is 14.6. The number of nitrogens with two attached hydrogens (primary N) is 1. The second-order valence-electron chi connectivity index (χ2n) is 6.67. The van der Waals surface area contributed by atoms with Crippen LogP contribution in [0.5, 0.6) is 17.2 Å². The minimum Gasteiger partial charge on any atom is -0.507 e. The van der Waals surface area contributed by atoms with Gasteiger partial charge in [-0.2, -0.15) is 4.31 Å². The van der Waals surface area contributed by atoms with Crippen LogP contribution in [0.25, 0.3) is 0 Å². The van der Waals surface area contributed by atoms with Crippen LogP contribution in [0.15, 0.2) is 35.2 Å². The summed E-state index contributed by atoms with van der Waals surface area (Å²) in [6.45, 7) is 2.53. The number of amides is 2. The van der Waals surface area contributed by atoms with Gasteiger partial charge in [0.2, 0.25) is 10.0 Å². The van der Waals surface area contributed by atoms with E-state index in [2.05, 4.69) is 5.32 Å². The van der Waals surface area contributed by atoms with Crippen molar-refractivity contribution < 1.29 is 32.6 Å². The molecule has 1 saturated heterocycles. The van der Waals surface area contributed by atoms with Crippen LogP contribution in [0.2, 0.25) is 5.02 Å². The average molecular weight is 470 g/mol. The van der Waals surface area contributed by atoms with E-state index in [4.69, 9.17) is 26.8 Å². The third kappa shape index (κ3) is 5.07. The topological polar surface area (TPSA) is 148 Å². The van der Waals surface area contributed by atoms with E-state index in [1.807, 2.05) is 0 Å². The van der Waals surface area contributed by atoms with Crippen LogP contribution >= 0.6 is 11.6 Å². The number of sulfonamides is 1. The Hall–Kier alpha value is -2.86. The molecule has 1 heterocycles. The van der Waals surface area contributed by atoms with Crippen LogP contribution in [0.4, 0.5) is 5.69 Å². The number of nitrogens with zero attached hydrogens (tertiary/aromatic N) is 1. The molecule has 31 heavy (non-hydrogen) atoms. The molecule has 2 amide bonds. The lowest BCUT2D eigenvalue weighted by atomic mass is 10.2. The molecule has 2 aromatic carbocycles. The lowest BCUT2D eigenvalue weighted by Crippen LogP contribution is -2.40. The Morgan fingerprint density at radius 3 is 2.52 bits per heavy atom. The van der Waals surface area contributed by atoms with Crippen LogP contribution in [0.1, 0.15) is 5.56 Å². The molecule has 0 aliphatic carbocycles. The maximum Gasteiger partial charge on any atom is 0.313 e. The van der Waals surface area contributed by atoms with Crippen molar-refractivity contribution in [1.82, 2.24) is 4.31 Å². The zero-order chi connectivity index (χ0) is 22.8. The van der Waals surface area contributed by atoms with E-state index in [0.29, 0.717) is 5.56 Å². The van der Waals surface area contributed by atoms with Gasteiger partial charge in [-0.1, -0.05) is 11.6 Å². The molecule has 0 atom stereocenters. The Morgan fingerprint density at radius 2 is 1.90 bits per heavy atom. The highest BCUT2D eigenvalue weighted by atomic mass is 35.5. The minimum atomic E-state index is -3.96. The van der Waals surface area contributed by atoms with Gasteiger partial charge in [-0.05, 0) is 36.8 Å². The van der Waals surface area contributed by atoms with E-state index in [-0.39, 0.29) is 53.4 Å². The van der Waals surface area contributed by atoms with Gasteiger partial charge < -0.3 is 25.6 Å². The predicted octanol–water partition coefficient (Wildman–Crippen LogP) is 1.59. The molecule has 10 nitrogen and oxygen atoms in total. The number of morpholine rings is 1. The van der Waals surface area contributed by atoms with E-state index in [9.17, 15) is 23.1 Å². The van der Waals surface area contributed by atoms with E-state index in [0.717, 1.165) is 0 Å². The molecule has 0 saturated carbocycles. The van der Waals surface area contributed by atoms with Crippen molar-refractivity contribution in [1.29, 1.82) is 0 Å². The summed E-state index contributed by atoms with van der Waals surface area (Å²) in [6, 6.07) is 6.68. The van der Waals surface area contributed by atoms with E-state index < -0.39 is 27.6 Å². The van der Waals surface area contributed by atoms with Crippen molar-refractivity contribution in [2.75, 3.05) is 31.6 Å². The number of benzene rings is 2. The number of anilines is 1. The molecule has 0 unspecified atom stereocenters. The Kier molecular flexibility index (Phi) is 6.70. The number of aryl methyl sites for hydroxylation is 1. The third-order valence-corrected chi connectivity index (χ3v) is 6.66. The molecule has 0 bridgehead atoms. The number of primary amides is 1. The summed E-state index contributed by atoms with van der Waals surface area (Å²) in [4.78, 5) is 22.1. The average Bonchev–Trinajstić information content (AvgIpc) is 2.72. The molecule has 3 rings (SSSR count). The monoisotopic (exact) mass is 469 g/mol. The fourth-order valence-corrected chi connectivity index (χ4v) is 4.74. The molecule has 1 aliphatic heterocycles. The first-order valence-corrected chi connectivity index (χ1v) is 10.9. The van der Waals surface area contributed by atoms with E-state index in [1.54, 1.807) is 6.92 Å². The number of nitrogens with one attached hydrogen (secondary N) is 1. The zero-order valence-electron chi connectivity index (χ0n) is 16.4. The normalized spacial score (nSPS) is 14.8. The molecule has 0 radical (unpaired) electrons. The highest BCUT2D eigenvalue weighted by Gasteiger charge is 2.29. The van der Waals surface area contributed by atoms with Gasteiger partial charge >= 0.3 is 11.8 Å². The fraction of sp³-hybridized carbons (Fsp3) is 0.263. The van der Waals surface area contributed by atoms with Crippen LogP contribution in [-0.2, 0) is 24.3 Å². The van der Waals surface area contributed by atoms with Crippen molar-refractivity contribution in [3.05, 3.63) is 40.9 Å². The van der Waals surface area contributed by atoms with Crippen molar-refractivity contribution in [2.24, 2.45) is 5.73 Å². The summed E-state index contributed by atoms with van der Waals surface area (Å²) in [6.07, 6.45) is 0. The number of hydrogen-bond acceptors (Lipinski definition) is 7. The Labute approximate surface area is 183 Å².